The SMILES string of the molecule is COc1ccccc1Nc1ccc(F)cn1. The number of benzene rings is 1. The molecule has 82 valence electrons. The van der Waals surface area contributed by atoms with Gasteiger partial charge < -0.3 is 10.1 Å². The number of rotatable bonds is 3. The second-order valence-corrected chi connectivity index (χ2v) is 3.19. The minimum atomic E-state index is -0.356. The number of halogens is 1. The summed E-state index contributed by atoms with van der Waals surface area (Å²) in [6.07, 6.45) is 1.16. The number of methoxy groups -OCH3 is 1. The van der Waals surface area contributed by atoms with Crippen LogP contribution in [0.25, 0.3) is 0 Å². The summed E-state index contributed by atoms with van der Waals surface area (Å²) >= 11 is 0. The van der Waals surface area contributed by atoms with Crippen LogP contribution in [0.4, 0.5) is 15.9 Å². The van der Waals surface area contributed by atoms with Gasteiger partial charge in [-0.2, -0.15) is 0 Å². The van der Waals surface area contributed by atoms with Crippen LogP contribution in [0.3, 0.4) is 0 Å². The van der Waals surface area contributed by atoms with Crippen molar-refractivity contribution in [1.82, 2.24) is 4.98 Å². The average Bonchev–Trinajstić information content (AvgIpc) is 2.33. The summed E-state index contributed by atoms with van der Waals surface area (Å²) in [5.41, 5.74) is 0.795. The number of nitrogens with zero attached hydrogens (tertiary/aromatic N) is 1. The Morgan fingerprint density at radius 3 is 2.69 bits per heavy atom. The largest absolute Gasteiger partial charge is 0.495 e. The van der Waals surface area contributed by atoms with Gasteiger partial charge in [-0.25, -0.2) is 9.37 Å². The lowest BCUT2D eigenvalue weighted by molar-refractivity contribution is 0.417. The van der Waals surface area contributed by atoms with Gasteiger partial charge in [-0.15, -0.1) is 0 Å². The molecule has 1 aromatic heterocycles. The van der Waals surface area contributed by atoms with Gasteiger partial charge in [0.2, 0.25) is 0 Å². The van der Waals surface area contributed by atoms with Gasteiger partial charge in [0.25, 0.3) is 0 Å². The van der Waals surface area contributed by atoms with E-state index in [9.17, 15) is 4.39 Å². The van der Waals surface area contributed by atoms with Crippen LogP contribution in [0.1, 0.15) is 0 Å². The van der Waals surface area contributed by atoms with Crippen LogP contribution in [0.5, 0.6) is 5.75 Å². The van der Waals surface area contributed by atoms with E-state index >= 15 is 0 Å². The van der Waals surface area contributed by atoms with Crippen LogP contribution in [0, 0.1) is 5.82 Å². The third-order valence-electron chi connectivity index (χ3n) is 2.10. The van der Waals surface area contributed by atoms with Crippen LogP contribution in [-0.2, 0) is 0 Å². The molecule has 0 fully saturated rings. The van der Waals surface area contributed by atoms with Crippen LogP contribution in [-0.4, -0.2) is 12.1 Å². The summed E-state index contributed by atoms with van der Waals surface area (Å²) < 4.78 is 17.8. The number of ether oxygens (including phenoxy) is 1. The third-order valence-corrected chi connectivity index (χ3v) is 2.10. The molecule has 4 heteroatoms. The molecular formula is C12H11FN2O. The van der Waals surface area contributed by atoms with Crippen LogP contribution in [0.2, 0.25) is 0 Å². The smallest absolute Gasteiger partial charge is 0.142 e. The molecule has 0 saturated heterocycles. The lowest BCUT2D eigenvalue weighted by atomic mass is 10.3. The normalized spacial score (nSPS) is 9.88. The van der Waals surface area contributed by atoms with Gasteiger partial charge in [-0.05, 0) is 24.3 Å². The maximum Gasteiger partial charge on any atom is 0.142 e. The van der Waals surface area contributed by atoms with E-state index in [1.165, 1.54) is 6.07 Å². The summed E-state index contributed by atoms with van der Waals surface area (Å²) in [5, 5.41) is 3.05. The van der Waals surface area contributed by atoms with E-state index in [1.54, 1.807) is 13.2 Å². The van der Waals surface area contributed by atoms with Crippen LogP contribution in [0.15, 0.2) is 42.6 Å². The van der Waals surface area contributed by atoms with Crippen molar-refractivity contribution in [2.45, 2.75) is 0 Å². The van der Waals surface area contributed by atoms with E-state index < -0.39 is 0 Å². The second kappa shape index (κ2) is 4.61. The maximum absolute atomic E-state index is 12.7. The Morgan fingerprint density at radius 1 is 1.19 bits per heavy atom. The highest BCUT2D eigenvalue weighted by Gasteiger charge is 2.02. The standard InChI is InChI=1S/C12H11FN2O/c1-16-11-5-3-2-4-10(11)15-12-7-6-9(13)8-14-12/h2-8H,1H3,(H,14,15). The fourth-order valence-corrected chi connectivity index (χ4v) is 1.34. The Labute approximate surface area is 92.9 Å². The zero-order valence-electron chi connectivity index (χ0n) is 8.77. The summed E-state index contributed by atoms with van der Waals surface area (Å²) in [7, 11) is 1.60. The quantitative estimate of drug-likeness (QED) is 0.859. The lowest BCUT2D eigenvalue weighted by Gasteiger charge is -2.09. The van der Waals surface area contributed by atoms with Crippen molar-refractivity contribution in [3.05, 3.63) is 48.4 Å². The Kier molecular flexibility index (Phi) is 3.00. The van der Waals surface area contributed by atoms with E-state index in [1.807, 2.05) is 24.3 Å². The molecule has 0 radical (unpaired) electrons. The van der Waals surface area contributed by atoms with Gasteiger partial charge in [0.15, 0.2) is 0 Å². The highest BCUT2D eigenvalue weighted by molar-refractivity contribution is 5.63. The molecule has 0 atom stereocenters. The number of hydrogen-bond donors (Lipinski definition) is 1. The number of hydrogen-bond acceptors (Lipinski definition) is 3. The number of nitrogens with one attached hydrogen (secondary N) is 1. The predicted octanol–water partition coefficient (Wildman–Crippen LogP) is 2.97. The molecule has 2 rings (SSSR count). The highest BCUT2D eigenvalue weighted by atomic mass is 19.1. The van der Waals surface area contributed by atoms with Gasteiger partial charge in [0.05, 0.1) is 19.0 Å². The lowest BCUT2D eigenvalue weighted by Crippen LogP contribution is -1.96. The first-order chi connectivity index (χ1) is 7.79. The van der Waals surface area contributed by atoms with Gasteiger partial charge >= 0.3 is 0 Å². The number of anilines is 2. The van der Waals surface area contributed by atoms with Crippen molar-refractivity contribution in [2.75, 3.05) is 12.4 Å². The van der Waals surface area contributed by atoms with Gasteiger partial charge in [0.1, 0.15) is 17.4 Å². The molecule has 0 aliphatic rings. The summed E-state index contributed by atoms with van der Waals surface area (Å²) in [4.78, 5) is 3.91. The van der Waals surface area contributed by atoms with Crippen LogP contribution >= 0.6 is 0 Å². The van der Waals surface area contributed by atoms with Crippen molar-refractivity contribution >= 4 is 11.5 Å². The molecule has 16 heavy (non-hydrogen) atoms. The molecule has 0 bridgehead atoms. The molecule has 0 spiro atoms. The van der Waals surface area contributed by atoms with Gasteiger partial charge in [-0.1, -0.05) is 12.1 Å². The number of para-hydroxylation sites is 2. The molecule has 1 heterocycles. The molecule has 0 unspecified atom stereocenters. The minimum absolute atomic E-state index is 0.356. The van der Waals surface area contributed by atoms with Crippen LogP contribution < -0.4 is 10.1 Å². The molecule has 0 saturated carbocycles. The highest BCUT2D eigenvalue weighted by Crippen LogP contribution is 2.25. The number of pyridine rings is 1. The van der Waals surface area contributed by atoms with E-state index in [0.717, 1.165) is 11.9 Å². The molecule has 1 aromatic carbocycles. The van der Waals surface area contributed by atoms with Crippen molar-refractivity contribution in [3.63, 3.8) is 0 Å². The van der Waals surface area contributed by atoms with E-state index in [0.29, 0.717) is 11.6 Å². The second-order valence-electron chi connectivity index (χ2n) is 3.19. The Morgan fingerprint density at radius 2 is 2.00 bits per heavy atom. The van der Waals surface area contributed by atoms with Crippen molar-refractivity contribution in [2.24, 2.45) is 0 Å². The zero-order valence-corrected chi connectivity index (χ0v) is 8.77. The first-order valence-corrected chi connectivity index (χ1v) is 4.81. The third kappa shape index (κ3) is 2.28. The molecule has 3 nitrogen and oxygen atoms in total. The van der Waals surface area contributed by atoms with Crippen molar-refractivity contribution < 1.29 is 9.13 Å². The molecule has 0 aliphatic heterocycles. The van der Waals surface area contributed by atoms with E-state index in [2.05, 4.69) is 10.3 Å². The first-order valence-electron chi connectivity index (χ1n) is 4.81. The predicted molar refractivity (Wildman–Crippen MR) is 60.5 cm³/mol. The van der Waals surface area contributed by atoms with Crippen molar-refractivity contribution in [1.29, 1.82) is 0 Å². The molecule has 1 N–H and O–H groups in total. The van der Waals surface area contributed by atoms with E-state index in [-0.39, 0.29) is 5.82 Å². The molecular weight excluding hydrogens is 207 g/mol. The topological polar surface area (TPSA) is 34.1 Å². The van der Waals surface area contributed by atoms with Gasteiger partial charge in [-0.3, -0.25) is 0 Å². The molecule has 2 aromatic rings. The summed E-state index contributed by atoms with van der Waals surface area (Å²) in [5.74, 6) is 0.935. The summed E-state index contributed by atoms with van der Waals surface area (Å²) in [6, 6.07) is 10.4. The Balaban J connectivity index is 2.23. The maximum atomic E-state index is 12.7. The first kappa shape index (κ1) is 10.4. The van der Waals surface area contributed by atoms with Crippen molar-refractivity contribution in [3.8, 4) is 5.75 Å². The number of aromatic nitrogens is 1. The summed E-state index contributed by atoms with van der Waals surface area (Å²) in [6.45, 7) is 0. The monoisotopic (exact) mass is 218 g/mol. The molecule has 0 aliphatic carbocycles. The fraction of sp³-hybridized carbons (Fsp3) is 0.0833. The molecule has 0 amide bonds. The minimum Gasteiger partial charge on any atom is -0.495 e. The Bertz CT molecular complexity index is 471. The van der Waals surface area contributed by atoms with E-state index in [4.69, 9.17) is 4.74 Å². The van der Waals surface area contributed by atoms with Gasteiger partial charge in [0, 0.05) is 0 Å². The fourth-order valence-electron chi connectivity index (χ4n) is 1.34. The zero-order chi connectivity index (χ0) is 11.4. The Hall–Kier alpha value is -2.10. The average molecular weight is 218 g/mol.